The zero-order chi connectivity index (χ0) is 11.1. The van der Waals surface area contributed by atoms with Gasteiger partial charge in [0.1, 0.15) is 0 Å². The molecule has 0 saturated carbocycles. The molecule has 1 N–H and O–H groups in total. The molecule has 6 heteroatoms. The number of fused-ring (bicyclic) bond motifs is 1. The van der Waals surface area contributed by atoms with Gasteiger partial charge in [-0.05, 0) is 11.6 Å². The van der Waals surface area contributed by atoms with E-state index >= 15 is 0 Å². The number of hydrogen-bond acceptors (Lipinski definition) is 3. The van der Waals surface area contributed by atoms with Gasteiger partial charge in [0, 0.05) is 6.07 Å². The molecule has 0 bridgehead atoms. The van der Waals surface area contributed by atoms with Crippen LogP contribution in [0.1, 0.15) is 5.56 Å². The van der Waals surface area contributed by atoms with E-state index in [4.69, 9.17) is 21.4 Å². The number of benzene rings is 1. The number of aliphatic hydroxyl groups is 1. The molecule has 0 atom stereocenters. The van der Waals surface area contributed by atoms with E-state index in [9.17, 15) is 8.78 Å². The number of hydrogen-bond donors (Lipinski definition) is 1. The maximum Gasteiger partial charge on any atom is 0.433 e. The summed E-state index contributed by atoms with van der Waals surface area (Å²) in [6.45, 7) is -1.13. The van der Waals surface area contributed by atoms with Crippen LogP contribution in [0, 0.1) is 0 Å². The van der Waals surface area contributed by atoms with Gasteiger partial charge in [-0.2, -0.15) is 8.78 Å². The van der Waals surface area contributed by atoms with Crippen LogP contribution >= 0.6 is 11.6 Å². The molecule has 0 spiro atoms. The maximum atomic E-state index is 12.8. The average molecular weight is 237 g/mol. The fraction of sp³-hybridized carbons (Fsp3) is 0.333. The molecule has 82 valence electrons. The first kappa shape index (κ1) is 10.4. The highest BCUT2D eigenvalue weighted by molar-refractivity contribution is 6.31. The Morgan fingerprint density at radius 1 is 1.40 bits per heavy atom. The normalized spacial score (nSPS) is 17.6. The van der Waals surface area contributed by atoms with E-state index in [1.165, 1.54) is 12.1 Å². The van der Waals surface area contributed by atoms with Gasteiger partial charge in [0.25, 0.3) is 0 Å². The average Bonchev–Trinajstić information content (AvgIpc) is 2.15. The molecule has 1 aliphatic heterocycles. The highest BCUT2D eigenvalue weighted by Crippen LogP contribution is 2.39. The van der Waals surface area contributed by atoms with Gasteiger partial charge in [-0.25, -0.2) is 0 Å². The number of aliphatic hydroxyl groups excluding tert-OH is 1. The van der Waals surface area contributed by atoms with Gasteiger partial charge in [0.05, 0.1) is 11.6 Å². The molecule has 1 aliphatic rings. The van der Waals surface area contributed by atoms with Gasteiger partial charge in [-0.3, -0.25) is 0 Å². The second-order valence-electron chi connectivity index (χ2n) is 3.08. The predicted molar refractivity (Wildman–Crippen MR) is 48.4 cm³/mol. The summed E-state index contributed by atoms with van der Waals surface area (Å²) in [6, 6.07) is 2.59. The van der Waals surface area contributed by atoms with E-state index in [2.05, 4.69) is 4.74 Å². The monoisotopic (exact) mass is 236 g/mol. The first-order valence-electron chi connectivity index (χ1n) is 4.15. The Labute approximate surface area is 89.2 Å². The number of halogens is 3. The Bertz CT molecular complexity index is 395. The number of alkyl halides is 2. The summed E-state index contributed by atoms with van der Waals surface area (Å²) in [5, 5.41) is 9.06. The summed E-state index contributed by atoms with van der Waals surface area (Å²) in [5.74, 6) is 0.0443. The fourth-order valence-electron chi connectivity index (χ4n) is 1.24. The first-order valence-corrected chi connectivity index (χ1v) is 4.52. The van der Waals surface area contributed by atoms with Crippen LogP contribution in [-0.2, 0) is 6.61 Å². The van der Waals surface area contributed by atoms with Crippen molar-refractivity contribution < 1.29 is 23.4 Å². The smallest absolute Gasteiger partial charge is 0.433 e. The molecule has 0 amide bonds. The van der Waals surface area contributed by atoms with Crippen LogP contribution in [0.3, 0.4) is 0 Å². The Morgan fingerprint density at radius 3 is 2.80 bits per heavy atom. The Morgan fingerprint density at radius 2 is 2.13 bits per heavy atom. The van der Waals surface area contributed by atoms with Crippen molar-refractivity contribution in [2.24, 2.45) is 0 Å². The van der Waals surface area contributed by atoms with E-state index in [-0.39, 0.29) is 23.1 Å². The summed E-state index contributed by atoms with van der Waals surface area (Å²) < 4.78 is 34.7. The lowest BCUT2D eigenvalue weighted by Crippen LogP contribution is -2.36. The lowest BCUT2D eigenvalue weighted by Gasteiger charge is -2.26. The van der Waals surface area contributed by atoms with E-state index in [0.717, 1.165) is 0 Å². The van der Waals surface area contributed by atoms with Crippen LogP contribution in [0.4, 0.5) is 8.78 Å². The van der Waals surface area contributed by atoms with Crippen molar-refractivity contribution in [3.05, 3.63) is 22.7 Å². The van der Waals surface area contributed by atoms with Gasteiger partial charge in [0.2, 0.25) is 0 Å². The molecule has 0 saturated heterocycles. The zero-order valence-electron chi connectivity index (χ0n) is 7.47. The van der Waals surface area contributed by atoms with Crippen molar-refractivity contribution >= 4 is 11.6 Å². The molecule has 1 aromatic carbocycles. The first-order chi connectivity index (χ1) is 7.02. The molecule has 0 aliphatic carbocycles. The Balaban J connectivity index is 2.41. The third kappa shape index (κ3) is 1.98. The summed E-state index contributed by atoms with van der Waals surface area (Å²) in [4.78, 5) is 0. The van der Waals surface area contributed by atoms with Crippen LogP contribution in [0.5, 0.6) is 11.5 Å². The van der Waals surface area contributed by atoms with Crippen molar-refractivity contribution in [1.29, 1.82) is 0 Å². The maximum absolute atomic E-state index is 12.8. The van der Waals surface area contributed by atoms with Crippen molar-refractivity contribution in [3.63, 3.8) is 0 Å². The second-order valence-corrected chi connectivity index (χ2v) is 3.48. The SMILES string of the molecule is OCc1cc2c(cc1Cl)OC(F)(F)CO2. The lowest BCUT2D eigenvalue weighted by atomic mass is 10.2. The minimum atomic E-state index is -3.34. The lowest BCUT2D eigenvalue weighted by molar-refractivity contribution is -0.208. The minimum Gasteiger partial charge on any atom is -0.479 e. The number of ether oxygens (including phenoxy) is 2. The standard InChI is InChI=1S/C9H7ClF2O3/c10-6-2-8-7(1-5(6)3-13)14-4-9(11,12)15-8/h1-2,13H,3-4H2. The van der Waals surface area contributed by atoms with Gasteiger partial charge in [-0.1, -0.05) is 11.6 Å². The molecule has 1 aromatic rings. The van der Waals surface area contributed by atoms with E-state index in [1.54, 1.807) is 0 Å². The van der Waals surface area contributed by atoms with Gasteiger partial charge in [-0.15, -0.1) is 0 Å². The zero-order valence-corrected chi connectivity index (χ0v) is 8.22. The van der Waals surface area contributed by atoms with Crippen LogP contribution in [0.15, 0.2) is 12.1 Å². The van der Waals surface area contributed by atoms with Crippen LogP contribution < -0.4 is 9.47 Å². The topological polar surface area (TPSA) is 38.7 Å². The molecule has 15 heavy (non-hydrogen) atoms. The summed E-state index contributed by atoms with van der Waals surface area (Å²) in [7, 11) is 0. The van der Waals surface area contributed by atoms with Crippen molar-refractivity contribution in [2.75, 3.05) is 6.61 Å². The van der Waals surface area contributed by atoms with Gasteiger partial charge in [0.15, 0.2) is 18.1 Å². The second kappa shape index (κ2) is 3.50. The quantitative estimate of drug-likeness (QED) is 0.812. The molecule has 0 radical (unpaired) electrons. The molecular formula is C9H7ClF2O3. The van der Waals surface area contributed by atoms with Crippen LogP contribution in [0.25, 0.3) is 0 Å². The molecule has 1 heterocycles. The third-order valence-corrected chi connectivity index (χ3v) is 2.29. The largest absolute Gasteiger partial charge is 0.479 e. The van der Waals surface area contributed by atoms with E-state index in [0.29, 0.717) is 5.56 Å². The highest BCUT2D eigenvalue weighted by Gasteiger charge is 2.38. The molecule has 3 nitrogen and oxygen atoms in total. The van der Waals surface area contributed by atoms with E-state index in [1.807, 2.05) is 0 Å². The highest BCUT2D eigenvalue weighted by atomic mass is 35.5. The molecule has 2 rings (SSSR count). The Hall–Kier alpha value is -1.07. The van der Waals surface area contributed by atoms with Crippen LogP contribution in [-0.4, -0.2) is 17.8 Å². The Kier molecular flexibility index (Phi) is 2.44. The molecule has 0 unspecified atom stereocenters. The summed E-state index contributed by atoms with van der Waals surface area (Å²) in [6.07, 6.45) is -3.34. The minimum absolute atomic E-state index is 0.117. The number of rotatable bonds is 1. The van der Waals surface area contributed by atoms with E-state index < -0.39 is 12.7 Å². The van der Waals surface area contributed by atoms with Crippen molar-refractivity contribution in [3.8, 4) is 11.5 Å². The van der Waals surface area contributed by atoms with Crippen molar-refractivity contribution in [2.45, 2.75) is 12.7 Å². The third-order valence-electron chi connectivity index (χ3n) is 1.94. The molecule has 0 aromatic heterocycles. The molecule has 0 fully saturated rings. The van der Waals surface area contributed by atoms with Gasteiger partial charge < -0.3 is 14.6 Å². The van der Waals surface area contributed by atoms with Crippen molar-refractivity contribution in [1.82, 2.24) is 0 Å². The molecular weight excluding hydrogens is 230 g/mol. The summed E-state index contributed by atoms with van der Waals surface area (Å²) in [5.41, 5.74) is 0.407. The fourth-order valence-corrected chi connectivity index (χ4v) is 1.46. The van der Waals surface area contributed by atoms with Gasteiger partial charge >= 0.3 is 6.11 Å². The predicted octanol–water partition coefficient (Wildman–Crippen LogP) is 2.20. The summed E-state index contributed by atoms with van der Waals surface area (Å²) >= 11 is 5.71. The van der Waals surface area contributed by atoms with Crippen LogP contribution in [0.2, 0.25) is 5.02 Å².